The molecule has 0 aromatic heterocycles. The van der Waals surface area contributed by atoms with E-state index in [1.807, 2.05) is 24.3 Å². The van der Waals surface area contributed by atoms with E-state index in [-0.39, 0.29) is 30.3 Å². The minimum atomic E-state index is -1.07. The van der Waals surface area contributed by atoms with Crippen LogP contribution in [-0.2, 0) is 14.3 Å². The predicted octanol–water partition coefficient (Wildman–Crippen LogP) is 4.46. The Labute approximate surface area is 199 Å². The molecule has 1 unspecified atom stereocenters. The van der Waals surface area contributed by atoms with Gasteiger partial charge >= 0.3 is 12.1 Å². The number of fused-ring (bicyclic) bond motifs is 3. The van der Waals surface area contributed by atoms with E-state index in [0.29, 0.717) is 6.54 Å². The second-order valence-corrected chi connectivity index (χ2v) is 9.54. The van der Waals surface area contributed by atoms with E-state index >= 15 is 0 Å². The number of hydrogen-bond acceptors (Lipinski definition) is 4. The molecule has 0 aliphatic heterocycles. The molecule has 1 fully saturated rings. The molecule has 0 radical (unpaired) electrons. The molecule has 0 heterocycles. The van der Waals surface area contributed by atoms with E-state index in [1.165, 1.54) is 18.1 Å². The molecule has 2 amide bonds. The molecular weight excluding hydrogens is 432 g/mol. The van der Waals surface area contributed by atoms with Gasteiger partial charge in [0.25, 0.3) is 0 Å². The van der Waals surface area contributed by atoms with Crippen LogP contribution >= 0.6 is 0 Å². The van der Waals surface area contributed by atoms with Crippen molar-refractivity contribution < 1.29 is 24.2 Å². The zero-order valence-electron chi connectivity index (χ0n) is 19.5. The van der Waals surface area contributed by atoms with Crippen LogP contribution < -0.4 is 10.6 Å². The molecule has 2 aliphatic rings. The third-order valence-corrected chi connectivity index (χ3v) is 7.15. The van der Waals surface area contributed by atoms with Crippen LogP contribution in [0, 0.1) is 5.41 Å². The number of benzene rings is 2. The fraction of sp³-hybridized carbons (Fsp3) is 0.444. The lowest BCUT2D eigenvalue weighted by atomic mass is 9.71. The topological polar surface area (TPSA) is 105 Å². The number of ether oxygens (including phenoxy) is 1. The highest BCUT2D eigenvalue weighted by Gasteiger charge is 2.36. The fourth-order valence-corrected chi connectivity index (χ4v) is 5.32. The van der Waals surface area contributed by atoms with Gasteiger partial charge in [0, 0.05) is 18.9 Å². The Morgan fingerprint density at radius 3 is 2.18 bits per heavy atom. The highest BCUT2D eigenvalue weighted by molar-refractivity contribution is 5.83. The zero-order chi connectivity index (χ0) is 24.1. The molecule has 0 saturated heterocycles. The van der Waals surface area contributed by atoms with Crippen LogP contribution in [0.4, 0.5) is 4.79 Å². The second kappa shape index (κ2) is 10.3. The fourth-order valence-electron chi connectivity index (χ4n) is 5.32. The van der Waals surface area contributed by atoms with Crippen molar-refractivity contribution >= 4 is 18.0 Å². The quantitative estimate of drug-likeness (QED) is 0.535. The molecule has 180 valence electrons. The molecule has 2 aromatic rings. The van der Waals surface area contributed by atoms with Gasteiger partial charge in [0.05, 0.1) is 0 Å². The summed E-state index contributed by atoms with van der Waals surface area (Å²) in [4.78, 5) is 36.2. The van der Waals surface area contributed by atoms with Gasteiger partial charge in [-0.25, -0.2) is 4.79 Å². The molecule has 0 spiro atoms. The summed E-state index contributed by atoms with van der Waals surface area (Å²) in [6, 6.07) is 15.4. The molecule has 34 heavy (non-hydrogen) atoms. The summed E-state index contributed by atoms with van der Waals surface area (Å²) in [6.45, 7) is 2.02. The molecule has 4 rings (SSSR count). The summed E-state index contributed by atoms with van der Waals surface area (Å²) >= 11 is 0. The number of carboxylic acid groups (broad SMARTS) is 1. The average molecular weight is 465 g/mol. The predicted molar refractivity (Wildman–Crippen MR) is 128 cm³/mol. The van der Waals surface area contributed by atoms with Crippen molar-refractivity contribution in [3.05, 3.63) is 59.7 Å². The largest absolute Gasteiger partial charge is 0.480 e. The second-order valence-electron chi connectivity index (χ2n) is 9.54. The van der Waals surface area contributed by atoms with Gasteiger partial charge < -0.3 is 20.5 Å². The van der Waals surface area contributed by atoms with Crippen LogP contribution in [0.3, 0.4) is 0 Å². The lowest BCUT2D eigenvalue weighted by molar-refractivity contribution is -0.141. The summed E-state index contributed by atoms with van der Waals surface area (Å²) in [5, 5.41) is 14.5. The first-order valence-electron chi connectivity index (χ1n) is 12.0. The maximum atomic E-state index is 12.6. The van der Waals surface area contributed by atoms with Crippen molar-refractivity contribution in [2.24, 2.45) is 5.41 Å². The van der Waals surface area contributed by atoms with Crippen molar-refractivity contribution in [3.63, 3.8) is 0 Å². The summed E-state index contributed by atoms with van der Waals surface area (Å²) in [5.41, 5.74) is 4.28. The molecule has 3 N–H and O–H groups in total. The first-order valence-corrected chi connectivity index (χ1v) is 12.0. The maximum Gasteiger partial charge on any atom is 0.407 e. The lowest BCUT2D eigenvalue weighted by Crippen LogP contribution is -2.45. The Balaban J connectivity index is 1.36. The van der Waals surface area contributed by atoms with Gasteiger partial charge in [0.2, 0.25) is 5.91 Å². The first kappa shape index (κ1) is 23.8. The van der Waals surface area contributed by atoms with Gasteiger partial charge in [-0.3, -0.25) is 9.59 Å². The Bertz CT molecular complexity index is 1010. The molecule has 1 atom stereocenters. The van der Waals surface area contributed by atoms with Crippen LogP contribution in [0.1, 0.15) is 62.5 Å². The number of carboxylic acids is 1. The molecular formula is C27H32N2O5. The standard InChI is InChI=1S/C27H32N2O5/c1-18(25(31)32)29-24(30)15-27(13-7-2-8-14-27)17-28-26(33)34-16-23-21-11-5-3-9-19(21)20-10-4-6-12-22(20)23/h3-6,9-12,18,23H,2,7-8,13-17H2,1H3,(H,28,33)(H,29,30)(H,31,32). The summed E-state index contributed by atoms with van der Waals surface area (Å²) < 4.78 is 5.65. The number of aliphatic carboxylic acids is 1. The summed E-state index contributed by atoms with van der Waals surface area (Å²) in [5.74, 6) is -1.38. The molecule has 2 aromatic carbocycles. The van der Waals surface area contributed by atoms with Gasteiger partial charge in [-0.05, 0) is 47.4 Å². The van der Waals surface area contributed by atoms with Crippen LogP contribution in [0.25, 0.3) is 11.1 Å². The van der Waals surface area contributed by atoms with E-state index in [1.54, 1.807) is 0 Å². The molecule has 0 bridgehead atoms. The summed E-state index contributed by atoms with van der Waals surface area (Å²) in [7, 11) is 0. The van der Waals surface area contributed by atoms with E-state index in [4.69, 9.17) is 9.84 Å². The van der Waals surface area contributed by atoms with Crippen molar-refractivity contribution in [1.29, 1.82) is 0 Å². The van der Waals surface area contributed by atoms with Gasteiger partial charge in [0.1, 0.15) is 12.6 Å². The monoisotopic (exact) mass is 464 g/mol. The molecule has 7 heteroatoms. The minimum Gasteiger partial charge on any atom is -0.480 e. The number of hydrogen-bond donors (Lipinski definition) is 3. The number of carbonyl (C=O) groups excluding carboxylic acids is 2. The number of rotatable bonds is 8. The van der Waals surface area contributed by atoms with Crippen LogP contribution in [-0.4, -0.2) is 42.3 Å². The third kappa shape index (κ3) is 5.24. The number of nitrogens with one attached hydrogen (secondary N) is 2. The minimum absolute atomic E-state index is 0.00919. The number of amides is 2. The van der Waals surface area contributed by atoms with E-state index < -0.39 is 18.1 Å². The number of carbonyl (C=O) groups is 3. The molecule has 1 saturated carbocycles. The SMILES string of the molecule is CC(NC(=O)CC1(CNC(=O)OCC2c3ccccc3-c3ccccc32)CCCCC1)C(=O)O. The van der Waals surface area contributed by atoms with Crippen molar-refractivity contribution in [3.8, 4) is 11.1 Å². The van der Waals surface area contributed by atoms with Crippen LogP contribution in [0.15, 0.2) is 48.5 Å². The van der Waals surface area contributed by atoms with Crippen LogP contribution in [0.2, 0.25) is 0 Å². The third-order valence-electron chi connectivity index (χ3n) is 7.15. The normalized spacial score (nSPS) is 17.2. The Morgan fingerprint density at radius 1 is 1.00 bits per heavy atom. The lowest BCUT2D eigenvalue weighted by Gasteiger charge is -2.37. The molecule has 7 nitrogen and oxygen atoms in total. The van der Waals surface area contributed by atoms with Gasteiger partial charge in [-0.15, -0.1) is 0 Å². The average Bonchev–Trinajstić information content (AvgIpc) is 3.15. The van der Waals surface area contributed by atoms with Gasteiger partial charge in [-0.2, -0.15) is 0 Å². The maximum absolute atomic E-state index is 12.6. The summed E-state index contributed by atoms with van der Waals surface area (Å²) in [6.07, 6.45) is 4.37. The van der Waals surface area contributed by atoms with Crippen LogP contribution in [0.5, 0.6) is 0 Å². The van der Waals surface area contributed by atoms with Crippen molar-refractivity contribution in [1.82, 2.24) is 10.6 Å². The zero-order valence-corrected chi connectivity index (χ0v) is 19.5. The van der Waals surface area contributed by atoms with E-state index in [0.717, 1.165) is 43.2 Å². The number of alkyl carbamates (subject to hydrolysis) is 1. The van der Waals surface area contributed by atoms with E-state index in [2.05, 4.69) is 34.9 Å². The molecule has 2 aliphatic carbocycles. The van der Waals surface area contributed by atoms with E-state index in [9.17, 15) is 14.4 Å². The van der Waals surface area contributed by atoms with Gasteiger partial charge in [-0.1, -0.05) is 67.8 Å². The van der Waals surface area contributed by atoms with Crippen molar-refractivity contribution in [2.75, 3.05) is 13.2 Å². The smallest absolute Gasteiger partial charge is 0.407 e. The Kier molecular flexibility index (Phi) is 7.20. The highest BCUT2D eigenvalue weighted by atomic mass is 16.5. The van der Waals surface area contributed by atoms with Crippen molar-refractivity contribution in [2.45, 2.75) is 57.4 Å². The Hall–Kier alpha value is -3.35. The Morgan fingerprint density at radius 2 is 1.59 bits per heavy atom. The highest BCUT2D eigenvalue weighted by Crippen LogP contribution is 2.44. The first-order chi connectivity index (χ1) is 16.4. The van der Waals surface area contributed by atoms with Gasteiger partial charge in [0.15, 0.2) is 0 Å².